The molecule has 4 heteroatoms. The third-order valence-electron chi connectivity index (χ3n) is 0.961. The third kappa shape index (κ3) is 26.6. The summed E-state index contributed by atoms with van der Waals surface area (Å²) >= 11 is 0. The maximum absolute atomic E-state index is 9.37. The highest BCUT2D eigenvalue weighted by Gasteiger charge is 1.80. The van der Waals surface area contributed by atoms with Crippen LogP contribution in [0.5, 0.6) is 0 Å². The fourth-order valence-electron chi connectivity index (χ4n) is 0.289. The van der Waals surface area contributed by atoms with Crippen molar-refractivity contribution in [2.45, 2.75) is 26.2 Å². The largest absolute Gasteiger partial charge is 0.481 e. The Morgan fingerprint density at radius 2 is 1.55 bits per heavy atom. The summed E-state index contributed by atoms with van der Waals surface area (Å²) in [5.74, 6) is -0.745. The van der Waals surface area contributed by atoms with Crippen LogP contribution >= 0.6 is 0 Å². The molecular weight excluding hydrogens is 144 g/mol. The van der Waals surface area contributed by atoms with Crippen LogP contribution in [0.15, 0.2) is 0 Å². The summed E-state index contributed by atoms with van der Waals surface area (Å²) in [5, 5.41) is 7.72. The predicted molar refractivity (Wildman–Crippen MR) is 45.3 cm³/mol. The van der Waals surface area contributed by atoms with Gasteiger partial charge in [-0.05, 0) is 25.9 Å². The summed E-state index contributed by atoms with van der Waals surface area (Å²) in [6.07, 6.45) is 2.35. The number of aliphatic carboxylic acids is 1. The Morgan fingerprint density at radius 1 is 1.27 bits per heavy atom. The number of carboxylic acid groups (broad SMARTS) is 1. The SMILES string of the molecule is CCC(=O)O.NCCCCN. The Labute approximate surface area is 67.6 Å². The first-order valence-corrected chi connectivity index (χ1v) is 3.80. The molecule has 0 atom stereocenters. The van der Waals surface area contributed by atoms with E-state index in [0.29, 0.717) is 0 Å². The quantitative estimate of drug-likeness (QED) is 0.514. The number of hydrogen-bond acceptors (Lipinski definition) is 3. The molecule has 0 unspecified atom stereocenters. The lowest BCUT2D eigenvalue weighted by molar-refractivity contribution is -0.136. The molecule has 0 aromatic heterocycles. The molecule has 0 amide bonds. The second kappa shape index (κ2) is 12.1. The van der Waals surface area contributed by atoms with Crippen molar-refractivity contribution in [3.63, 3.8) is 0 Å². The zero-order chi connectivity index (χ0) is 9.11. The Hall–Kier alpha value is -0.610. The monoisotopic (exact) mass is 162 g/mol. The van der Waals surface area contributed by atoms with E-state index >= 15 is 0 Å². The van der Waals surface area contributed by atoms with Crippen LogP contribution in [0.1, 0.15) is 26.2 Å². The van der Waals surface area contributed by atoms with E-state index < -0.39 is 5.97 Å². The van der Waals surface area contributed by atoms with E-state index in [4.69, 9.17) is 16.6 Å². The molecule has 0 bridgehead atoms. The molecule has 0 aromatic carbocycles. The molecule has 0 aliphatic heterocycles. The smallest absolute Gasteiger partial charge is 0.303 e. The van der Waals surface area contributed by atoms with E-state index in [1.54, 1.807) is 6.92 Å². The van der Waals surface area contributed by atoms with Gasteiger partial charge in [0.15, 0.2) is 0 Å². The maximum atomic E-state index is 9.37. The van der Waals surface area contributed by atoms with Crippen LogP contribution in [0.4, 0.5) is 0 Å². The Balaban J connectivity index is 0. The van der Waals surface area contributed by atoms with Gasteiger partial charge >= 0.3 is 5.97 Å². The Kier molecular flexibility index (Phi) is 14.3. The number of carboxylic acids is 1. The standard InChI is InChI=1S/C4H12N2.C3H6O2/c5-3-1-2-4-6;1-2-3(4)5/h1-6H2;2H2,1H3,(H,4,5). The van der Waals surface area contributed by atoms with E-state index in [1.807, 2.05) is 0 Å². The fraction of sp³-hybridized carbons (Fsp3) is 0.857. The second-order valence-electron chi connectivity index (χ2n) is 2.03. The van der Waals surface area contributed by atoms with Crippen molar-refractivity contribution in [1.29, 1.82) is 0 Å². The van der Waals surface area contributed by atoms with Crippen LogP contribution < -0.4 is 11.5 Å². The van der Waals surface area contributed by atoms with Crippen LogP contribution in [0, 0.1) is 0 Å². The van der Waals surface area contributed by atoms with Gasteiger partial charge in [0.1, 0.15) is 0 Å². The van der Waals surface area contributed by atoms with Crippen LogP contribution in [0.2, 0.25) is 0 Å². The highest BCUT2D eigenvalue weighted by atomic mass is 16.4. The summed E-state index contributed by atoms with van der Waals surface area (Å²) in [5.41, 5.74) is 10.3. The van der Waals surface area contributed by atoms with Crippen molar-refractivity contribution < 1.29 is 9.90 Å². The van der Waals surface area contributed by atoms with Gasteiger partial charge in [-0.2, -0.15) is 0 Å². The number of rotatable bonds is 4. The number of carbonyl (C=O) groups is 1. The topological polar surface area (TPSA) is 89.3 Å². The number of unbranched alkanes of at least 4 members (excludes halogenated alkanes) is 1. The molecule has 0 aliphatic carbocycles. The zero-order valence-electron chi connectivity index (χ0n) is 7.05. The molecule has 0 aromatic rings. The molecule has 68 valence electrons. The molecule has 0 aliphatic rings. The highest BCUT2D eigenvalue weighted by Crippen LogP contribution is 1.77. The summed E-state index contributed by atoms with van der Waals surface area (Å²) < 4.78 is 0. The van der Waals surface area contributed by atoms with E-state index in [-0.39, 0.29) is 6.42 Å². The molecule has 5 N–H and O–H groups in total. The fourth-order valence-corrected chi connectivity index (χ4v) is 0.289. The predicted octanol–water partition coefficient (Wildman–Crippen LogP) is 0.165. The van der Waals surface area contributed by atoms with Gasteiger partial charge in [0, 0.05) is 6.42 Å². The summed E-state index contributed by atoms with van der Waals surface area (Å²) in [6.45, 7) is 3.15. The van der Waals surface area contributed by atoms with Crippen molar-refractivity contribution in [2.75, 3.05) is 13.1 Å². The Morgan fingerprint density at radius 3 is 1.64 bits per heavy atom. The van der Waals surface area contributed by atoms with E-state index in [1.165, 1.54) is 0 Å². The average Bonchev–Trinajstić information content (AvgIpc) is 2.02. The number of hydrogen-bond donors (Lipinski definition) is 3. The van der Waals surface area contributed by atoms with Gasteiger partial charge in [-0.15, -0.1) is 0 Å². The lowest BCUT2D eigenvalue weighted by Crippen LogP contribution is -2.03. The molecule has 0 heterocycles. The lowest BCUT2D eigenvalue weighted by Gasteiger charge is -1.87. The molecular formula is C7H18N2O2. The van der Waals surface area contributed by atoms with Gasteiger partial charge in [-0.1, -0.05) is 6.92 Å². The Bertz CT molecular complexity index is 82.5. The van der Waals surface area contributed by atoms with E-state index in [9.17, 15) is 4.79 Å². The molecule has 0 saturated carbocycles. The van der Waals surface area contributed by atoms with Gasteiger partial charge in [0.05, 0.1) is 0 Å². The lowest BCUT2D eigenvalue weighted by atomic mass is 10.3. The zero-order valence-corrected chi connectivity index (χ0v) is 7.05. The van der Waals surface area contributed by atoms with Gasteiger partial charge in [-0.3, -0.25) is 4.79 Å². The first-order valence-electron chi connectivity index (χ1n) is 3.80. The molecule has 4 nitrogen and oxygen atoms in total. The molecule has 0 radical (unpaired) electrons. The van der Waals surface area contributed by atoms with Crippen molar-refractivity contribution in [3.05, 3.63) is 0 Å². The van der Waals surface area contributed by atoms with Gasteiger partial charge in [0.2, 0.25) is 0 Å². The minimum atomic E-state index is -0.745. The minimum Gasteiger partial charge on any atom is -0.481 e. The summed E-state index contributed by atoms with van der Waals surface area (Å²) in [7, 11) is 0. The van der Waals surface area contributed by atoms with E-state index in [2.05, 4.69) is 0 Å². The van der Waals surface area contributed by atoms with Crippen molar-refractivity contribution in [3.8, 4) is 0 Å². The van der Waals surface area contributed by atoms with Crippen LogP contribution in [0.3, 0.4) is 0 Å². The summed E-state index contributed by atoms with van der Waals surface area (Å²) in [4.78, 5) is 9.37. The summed E-state index contributed by atoms with van der Waals surface area (Å²) in [6, 6.07) is 0. The molecule has 0 rings (SSSR count). The van der Waals surface area contributed by atoms with Crippen molar-refractivity contribution in [2.24, 2.45) is 11.5 Å². The van der Waals surface area contributed by atoms with Gasteiger partial charge in [0.25, 0.3) is 0 Å². The second-order valence-corrected chi connectivity index (χ2v) is 2.03. The normalized spacial score (nSPS) is 8.27. The first kappa shape index (κ1) is 13.0. The van der Waals surface area contributed by atoms with Crippen molar-refractivity contribution in [1.82, 2.24) is 0 Å². The van der Waals surface area contributed by atoms with Crippen LogP contribution in [-0.4, -0.2) is 24.2 Å². The number of nitrogens with two attached hydrogens (primary N) is 2. The molecule has 11 heavy (non-hydrogen) atoms. The maximum Gasteiger partial charge on any atom is 0.303 e. The van der Waals surface area contributed by atoms with Crippen molar-refractivity contribution >= 4 is 5.97 Å². The average molecular weight is 162 g/mol. The highest BCUT2D eigenvalue weighted by molar-refractivity contribution is 5.66. The van der Waals surface area contributed by atoms with Crippen LogP contribution in [0.25, 0.3) is 0 Å². The molecule has 0 saturated heterocycles. The first-order chi connectivity index (χ1) is 5.18. The van der Waals surface area contributed by atoms with E-state index in [0.717, 1.165) is 25.9 Å². The van der Waals surface area contributed by atoms with Gasteiger partial charge < -0.3 is 16.6 Å². The van der Waals surface area contributed by atoms with Gasteiger partial charge in [-0.25, -0.2) is 0 Å². The van der Waals surface area contributed by atoms with Crippen LogP contribution in [-0.2, 0) is 4.79 Å². The molecule has 0 fully saturated rings. The minimum absolute atomic E-state index is 0.222. The third-order valence-corrected chi connectivity index (χ3v) is 0.961. The molecule has 0 spiro atoms.